The van der Waals surface area contributed by atoms with E-state index < -0.39 is 20.2 Å². The van der Waals surface area contributed by atoms with Crippen molar-refractivity contribution in [3.05, 3.63) is 34.9 Å². The van der Waals surface area contributed by atoms with Crippen LogP contribution < -0.4 is 0 Å². The predicted octanol–water partition coefficient (Wildman–Crippen LogP) is 5.00. The molecule has 22 heavy (non-hydrogen) atoms. The molecule has 1 unspecified atom stereocenters. The van der Waals surface area contributed by atoms with Gasteiger partial charge in [0.15, 0.2) is 8.32 Å². The van der Waals surface area contributed by atoms with Gasteiger partial charge in [-0.3, -0.25) is 4.79 Å². The first-order valence-corrected chi connectivity index (χ1v) is 10.9. The van der Waals surface area contributed by atoms with E-state index in [0.29, 0.717) is 24.5 Å². The Morgan fingerprint density at radius 2 is 1.82 bits per heavy atom. The van der Waals surface area contributed by atoms with Gasteiger partial charge < -0.3 is 9.53 Å². The molecule has 1 rings (SSSR count). The van der Waals surface area contributed by atoms with Crippen LogP contribution >= 0.6 is 11.6 Å². The van der Waals surface area contributed by atoms with Crippen LogP contribution in [0.5, 0.6) is 0 Å². The normalized spacial score (nSPS) is 13.9. The molecule has 0 heterocycles. The number of hydrogen-bond donors (Lipinski definition) is 1. The van der Waals surface area contributed by atoms with Gasteiger partial charge in [0.25, 0.3) is 0 Å². The van der Waals surface area contributed by atoms with Crippen molar-refractivity contribution in [3.8, 4) is 0 Å². The Morgan fingerprint density at radius 1 is 1.27 bits per heavy atom. The Morgan fingerprint density at radius 3 is 2.27 bits per heavy atom. The minimum Gasteiger partial charge on any atom is -0.481 e. The number of benzene rings is 1. The molecule has 0 bridgehead atoms. The van der Waals surface area contributed by atoms with Crippen LogP contribution in [0.2, 0.25) is 23.2 Å². The lowest BCUT2D eigenvalue weighted by Gasteiger charge is -2.36. The Balaban J connectivity index is 2.59. The molecule has 0 aliphatic rings. The van der Waals surface area contributed by atoms with Gasteiger partial charge in [-0.1, -0.05) is 44.5 Å². The van der Waals surface area contributed by atoms with Crippen molar-refractivity contribution in [1.82, 2.24) is 0 Å². The van der Waals surface area contributed by atoms with Gasteiger partial charge in [0.1, 0.15) is 0 Å². The van der Waals surface area contributed by atoms with E-state index in [2.05, 4.69) is 33.9 Å². The molecule has 0 spiro atoms. The standard InChI is InChI=1S/C17H27ClO3Si/c1-17(2,3)22(4,5)21-11-10-14(16(19)20)12-13-6-8-15(18)9-7-13/h6-9,14H,10-12H2,1-5H3,(H,19,20). The summed E-state index contributed by atoms with van der Waals surface area (Å²) in [5, 5.41) is 10.2. The molecule has 0 amide bonds. The highest BCUT2D eigenvalue weighted by atomic mass is 35.5. The maximum Gasteiger partial charge on any atom is 0.306 e. The summed E-state index contributed by atoms with van der Waals surface area (Å²) in [6.07, 6.45) is 1.04. The Bertz CT molecular complexity index is 492. The van der Waals surface area contributed by atoms with Gasteiger partial charge in [-0.25, -0.2) is 0 Å². The second-order valence-electron chi connectivity index (χ2n) is 7.26. The highest BCUT2D eigenvalue weighted by molar-refractivity contribution is 6.74. The highest BCUT2D eigenvalue weighted by Crippen LogP contribution is 2.36. The molecule has 3 nitrogen and oxygen atoms in total. The zero-order chi connectivity index (χ0) is 17.0. The van der Waals surface area contributed by atoms with Crippen LogP contribution in [-0.2, 0) is 15.6 Å². The lowest BCUT2D eigenvalue weighted by Crippen LogP contribution is -2.41. The Kier molecular flexibility index (Phi) is 6.65. The summed E-state index contributed by atoms with van der Waals surface area (Å²) < 4.78 is 6.09. The molecule has 0 aliphatic heterocycles. The van der Waals surface area contributed by atoms with E-state index in [4.69, 9.17) is 16.0 Å². The highest BCUT2D eigenvalue weighted by Gasteiger charge is 2.37. The van der Waals surface area contributed by atoms with Crippen LogP contribution in [0, 0.1) is 5.92 Å². The number of hydrogen-bond acceptors (Lipinski definition) is 2. The maximum atomic E-state index is 11.5. The van der Waals surface area contributed by atoms with Gasteiger partial charge in [-0.2, -0.15) is 0 Å². The molecule has 0 aromatic heterocycles. The third kappa shape index (κ3) is 5.74. The van der Waals surface area contributed by atoms with E-state index in [0.717, 1.165) is 5.56 Å². The molecule has 1 aromatic rings. The molecular formula is C17H27ClO3Si. The maximum absolute atomic E-state index is 11.5. The molecule has 0 fully saturated rings. The topological polar surface area (TPSA) is 46.5 Å². The fraction of sp³-hybridized carbons (Fsp3) is 0.588. The zero-order valence-electron chi connectivity index (χ0n) is 14.1. The smallest absolute Gasteiger partial charge is 0.306 e. The molecule has 0 saturated heterocycles. The molecule has 1 atom stereocenters. The van der Waals surface area contributed by atoms with Crippen LogP contribution in [0.15, 0.2) is 24.3 Å². The van der Waals surface area contributed by atoms with Crippen molar-refractivity contribution in [2.45, 2.75) is 51.7 Å². The second-order valence-corrected chi connectivity index (χ2v) is 12.5. The minimum absolute atomic E-state index is 0.141. The van der Waals surface area contributed by atoms with Crippen LogP contribution in [0.4, 0.5) is 0 Å². The summed E-state index contributed by atoms with van der Waals surface area (Å²) in [5.41, 5.74) is 0.990. The van der Waals surface area contributed by atoms with Crippen molar-refractivity contribution in [3.63, 3.8) is 0 Å². The minimum atomic E-state index is -1.82. The van der Waals surface area contributed by atoms with Gasteiger partial charge >= 0.3 is 5.97 Å². The predicted molar refractivity (Wildman–Crippen MR) is 94.0 cm³/mol. The van der Waals surface area contributed by atoms with Crippen LogP contribution in [-0.4, -0.2) is 26.0 Å². The first-order valence-electron chi connectivity index (χ1n) is 7.64. The SMILES string of the molecule is CC(C)(C)[Si](C)(C)OCCC(Cc1ccc(Cl)cc1)C(=O)O. The van der Waals surface area contributed by atoms with Gasteiger partial charge in [0.2, 0.25) is 0 Å². The van der Waals surface area contributed by atoms with Gasteiger partial charge in [0.05, 0.1) is 5.92 Å². The fourth-order valence-electron chi connectivity index (χ4n) is 1.89. The lowest BCUT2D eigenvalue weighted by molar-refractivity contribution is -0.142. The average molecular weight is 343 g/mol. The molecule has 0 aliphatic carbocycles. The zero-order valence-corrected chi connectivity index (χ0v) is 15.9. The van der Waals surface area contributed by atoms with Gasteiger partial charge in [-0.05, 0) is 48.7 Å². The lowest BCUT2D eigenvalue weighted by atomic mass is 9.97. The summed E-state index contributed by atoms with van der Waals surface area (Å²) in [7, 11) is -1.82. The van der Waals surface area contributed by atoms with E-state index in [1.165, 1.54) is 0 Å². The molecule has 0 radical (unpaired) electrons. The Hall–Kier alpha value is -0.843. The summed E-state index contributed by atoms with van der Waals surface area (Å²) in [6.45, 7) is 11.4. The van der Waals surface area contributed by atoms with Crippen LogP contribution in [0.25, 0.3) is 0 Å². The fourth-order valence-corrected chi connectivity index (χ4v) is 3.08. The average Bonchev–Trinajstić information content (AvgIpc) is 2.38. The first-order chi connectivity index (χ1) is 10.0. The van der Waals surface area contributed by atoms with Crippen LogP contribution in [0.3, 0.4) is 0 Å². The van der Waals surface area contributed by atoms with E-state index in [1.54, 1.807) is 12.1 Å². The summed E-state index contributed by atoms with van der Waals surface area (Å²) in [6, 6.07) is 7.35. The summed E-state index contributed by atoms with van der Waals surface area (Å²) in [5.74, 6) is -1.19. The number of carbonyl (C=O) groups is 1. The number of carboxylic acid groups (broad SMARTS) is 1. The van der Waals surface area contributed by atoms with Crippen LogP contribution in [0.1, 0.15) is 32.8 Å². The van der Waals surface area contributed by atoms with Gasteiger partial charge in [-0.15, -0.1) is 0 Å². The largest absolute Gasteiger partial charge is 0.481 e. The van der Waals surface area contributed by atoms with E-state index in [1.807, 2.05) is 12.1 Å². The third-order valence-corrected chi connectivity index (χ3v) is 9.27. The quantitative estimate of drug-likeness (QED) is 0.709. The van der Waals surface area contributed by atoms with Gasteiger partial charge in [0, 0.05) is 11.6 Å². The molecule has 0 saturated carbocycles. The molecule has 1 aromatic carbocycles. The van der Waals surface area contributed by atoms with E-state index in [9.17, 15) is 9.90 Å². The first kappa shape index (κ1) is 19.2. The Labute approximate surface area is 139 Å². The van der Waals surface area contributed by atoms with Crippen molar-refractivity contribution in [2.75, 3.05) is 6.61 Å². The van der Waals surface area contributed by atoms with Crippen molar-refractivity contribution in [1.29, 1.82) is 0 Å². The number of halogens is 1. The van der Waals surface area contributed by atoms with Crippen molar-refractivity contribution < 1.29 is 14.3 Å². The third-order valence-electron chi connectivity index (χ3n) is 4.48. The van der Waals surface area contributed by atoms with Crippen molar-refractivity contribution >= 4 is 25.9 Å². The molecule has 124 valence electrons. The molecular weight excluding hydrogens is 316 g/mol. The van der Waals surface area contributed by atoms with Crippen molar-refractivity contribution in [2.24, 2.45) is 5.92 Å². The number of rotatable bonds is 7. The molecule has 1 N–H and O–H groups in total. The monoisotopic (exact) mass is 342 g/mol. The summed E-state index contributed by atoms with van der Waals surface area (Å²) in [4.78, 5) is 11.5. The molecule has 5 heteroatoms. The summed E-state index contributed by atoms with van der Waals surface area (Å²) >= 11 is 5.86. The number of aliphatic carboxylic acids is 1. The number of carboxylic acids is 1. The van der Waals surface area contributed by atoms with E-state index in [-0.39, 0.29) is 5.04 Å². The second kappa shape index (κ2) is 7.62. The van der Waals surface area contributed by atoms with E-state index >= 15 is 0 Å².